The van der Waals surface area contributed by atoms with Crippen LogP contribution in [0.25, 0.3) is 0 Å². The Hall–Kier alpha value is -1.10. The van der Waals surface area contributed by atoms with Gasteiger partial charge in [-0.2, -0.15) is 0 Å². The molecule has 0 atom stereocenters. The molecular formula is C14H19BrN2O2. The lowest BCUT2D eigenvalue weighted by atomic mass is 9.72. The summed E-state index contributed by atoms with van der Waals surface area (Å²) in [6, 6.07) is 3.90. The standard InChI is InChI=1S/C14H19BrN2O2/c1-13(2,3)19-12(18)17-14(6-4-7-14)10-5-8-16-11(15)9-10/h5,8-9H,4,6-7H2,1-3H3,(H,17,18). The summed E-state index contributed by atoms with van der Waals surface area (Å²) in [6.07, 6.45) is 4.36. The van der Waals surface area contributed by atoms with Crippen molar-refractivity contribution in [3.63, 3.8) is 0 Å². The SMILES string of the molecule is CC(C)(C)OC(=O)NC1(c2ccnc(Br)c2)CCC1. The van der Waals surface area contributed by atoms with Gasteiger partial charge < -0.3 is 10.1 Å². The Morgan fingerprint density at radius 1 is 1.47 bits per heavy atom. The summed E-state index contributed by atoms with van der Waals surface area (Å²) >= 11 is 3.37. The van der Waals surface area contributed by atoms with Crippen molar-refractivity contribution in [2.24, 2.45) is 0 Å². The number of alkyl carbamates (subject to hydrolysis) is 1. The highest BCUT2D eigenvalue weighted by molar-refractivity contribution is 9.10. The predicted octanol–water partition coefficient (Wildman–Crippen LogP) is 3.75. The minimum Gasteiger partial charge on any atom is -0.444 e. The highest BCUT2D eigenvalue weighted by Crippen LogP contribution is 2.41. The number of hydrogen-bond acceptors (Lipinski definition) is 3. The number of carbonyl (C=O) groups excluding carboxylic acids is 1. The van der Waals surface area contributed by atoms with Crippen molar-refractivity contribution in [2.75, 3.05) is 0 Å². The molecule has 1 aliphatic rings. The number of ether oxygens (including phenoxy) is 1. The summed E-state index contributed by atoms with van der Waals surface area (Å²) < 4.78 is 6.12. The zero-order chi connectivity index (χ0) is 14.1. The molecule has 104 valence electrons. The Morgan fingerprint density at radius 2 is 2.16 bits per heavy atom. The maximum absolute atomic E-state index is 12.0. The molecule has 1 fully saturated rings. The van der Waals surface area contributed by atoms with Crippen LogP contribution in [0.15, 0.2) is 22.9 Å². The van der Waals surface area contributed by atoms with Crippen LogP contribution in [0.5, 0.6) is 0 Å². The first-order valence-corrected chi connectivity index (χ1v) is 7.23. The number of amides is 1. The molecule has 0 spiro atoms. The van der Waals surface area contributed by atoms with Crippen molar-refractivity contribution in [2.45, 2.75) is 51.2 Å². The van der Waals surface area contributed by atoms with Crippen LogP contribution in [0, 0.1) is 0 Å². The van der Waals surface area contributed by atoms with Gasteiger partial charge in [0.25, 0.3) is 0 Å². The van der Waals surface area contributed by atoms with E-state index in [4.69, 9.17) is 4.74 Å². The molecule has 1 aromatic heterocycles. The lowest BCUT2D eigenvalue weighted by Crippen LogP contribution is -2.52. The van der Waals surface area contributed by atoms with Gasteiger partial charge in [0.05, 0.1) is 5.54 Å². The van der Waals surface area contributed by atoms with E-state index in [1.807, 2.05) is 32.9 Å². The average molecular weight is 327 g/mol. The van der Waals surface area contributed by atoms with E-state index < -0.39 is 5.60 Å². The zero-order valence-corrected chi connectivity index (χ0v) is 13.1. The van der Waals surface area contributed by atoms with Gasteiger partial charge in [-0.3, -0.25) is 0 Å². The normalized spacial score (nSPS) is 17.5. The Kier molecular flexibility index (Phi) is 3.85. The largest absolute Gasteiger partial charge is 0.444 e. The Morgan fingerprint density at radius 3 is 2.63 bits per heavy atom. The molecule has 1 saturated carbocycles. The quantitative estimate of drug-likeness (QED) is 0.842. The van der Waals surface area contributed by atoms with E-state index in [1.165, 1.54) is 0 Å². The summed E-state index contributed by atoms with van der Waals surface area (Å²) in [5.74, 6) is 0. The number of nitrogens with one attached hydrogen (secondary N) is 1. The summed E-state index contributed by atoms with van der Waals surface area (Å²) in [5, 5.41) is 3.02. The maximum Gasteiger partial charge on any atom is 0.408 e. The van der Waals surface area contributed by atoms with Crippen molar-refractivity contribution in [3.8, 4) is 0 Å². The molecule has 0 aliphatic heterocycles. The molecule has 0 aromatic carbocycles. The van der Waals surface area contributed by atoms with Crippen LogP contribution in [0.3, 0.4) is 0 Å². The highest BCUT2D eigenvalue weighted by Gasteiger charge is 2.41. The van der Waals surface area contributed by atoms with E-state index in [2.05, 4.69) is 26.2 Å². The third-order valence-electron chi connectivity index (χ3n) is 3.23. The first-order valence-electron chi connectivity index (χ1n) is 6.44. The van der Waals surface area contributed by atoms with Crippen LogP contribution >= 0.6 is 15.9 Å². The van der Waals surface area contributed by atoms with Gasteiger partial charge in [0, 0.05) is 6.20 Å². The molecule has 4 nitrogen and oxygen atoms in total. The molecule has 0 unspecified atom stereocenters. The van der Waals surface area contributed by atoms with E-state index >= 15 is 0 Å². The first kappa shape index (κ1) is 14.3. The fraction of sp³-hybridized carbons (Fsp3) is 0.571. The Labute approximate surface area is 122 Å². The summed E-state index contributed by atoms with van der Waals surface area (Å²) in [6.45, 7) is 5.59. The minimum absolute atomic E-state index is 0.298. The Balaban J connectivity index is 2.13. The molecule has 5 heteroatoms. The van der Waals surface area contributed by atoms with Gasteiger partial charge in [-0.15, -0.1) is 0 Å². The molecule has 1 aliphatic carbocycles. The number of halogens is 1. The van der Waals surface area contributed by atoms with Crippen LogP contribution in [0.4, 0.5) is 4.79 Å². The molecule has 1 heterocycles. The van der Waals surface area contributed by atoms with Crippen molar-refractivity contribution in [1.82, 2.24) is 10.3 Å². The number of nitrogens with zero attached hydrogens (tertiary/aromatic N) is 1. The molecule has 1 amide bonds. The van der Waals surface area contributed by atoms with Gasteiger partial charge in [-0.25, -0.2) is 9.78 Å². The van der Waals surface area contributed by atoms with Crippen LogP contribution in [-0.4, -0.2) is 16.7 Å². The van der Waals surface area contributed by atoms with Crippen molar-refractivity contribution in [3.05, 3.63) is 28.5 Å². The maximum atomic E-state index is 12.0. The van der Waals surface area contributed by atoms with E-state index in [-0.39, 0.29) is 11.6 Å². The summed E-state index contributed by atoms with van der Waals surface area (Å²) in [4.78, 5) is 16.1. The van der Waals surface area contributed by atoms with Crippen molar-refractivity contribution < 1.29 is 9.53 Å². The molecule has 1 aromatic rings. The van der Waals surface area contributed by atoms with Crippen LogP contribution < -0.4 is 5.32 Å². The summed E-state index contributed by atoms with van der Waals surface area (Å²) in [7, 11) is 0. The molecule has 0 saturated heterocycles. The van der Waals surface area contributed by atoms with Gasteiger partial charge in [0.1, 0.15) is 10.2 Å². The number of aromatic nitrogens is 1. The molecule has 0 radical (unpaired) electrons. The lowest BCUT2D eigenvalue weighted by Gasteiger charge is -2.43. The minimum atomic E-state index is -0.478. The van der Waals surface area contributed by atoms with Crippen LogP contribution in [0.1, 0.15) is 45.6 Å². The van der Waals surface area contributed by atoms with Gasteiger partial charge in [0.2, 0.25) is 0 Å². The topological polar surface area (TPSA) is 51.2 Å². The fourth-order valence-electron chi connectivity index (χ4n) is 2.22. The van der Waals surface area contributed by atoms with E-state index in [1.54, 1.807) is 6.20 Å². The lowest BCUT2D eigenvalue weighted by molar-refractivity contribution is 0.0377. The number of pyridine rings is 1. The van der Waals surface area contributed by atoms with E-state index in [0.717, 1.165) is 29.4 Å². The second kappa shape index (κ2) is 5.12. The summed E-state index contributed by atoms with van der Waals surface area (Å²) in [5.41, 5.74) is 0.299. The highest BCUT2D eigenvalue weighted by atomic mass is 79.9. The third kappa shape index (κ3) is 3.47. The molecule has 1 N–H and O–H groups in total. The van der Waals surface area contributed by atoms with Crippen molar-refractivity contribution in [1.29, 1.82) is 0 Å². The second-order valence-corrected chi connectivity index (χ2v) is 6.74. The second-order valence-electron chi connectivity index (χ2n) is 5.93. The van der Waals surface area contributed by atoms with Crippen molar-refractivity contribution >= 4 is 22.0 Å². The third-order valence-corrected chi connectivity index (χ3v) is 3.66. The van der Waals surface area contributed by atoms with E-state index in [9.17, 15) is 4.79 Å². The Bertz CT molecular complexity index is 479. The average Bonchev–Trinajstić information content (AvgIpc) is 2.21. The predicted molar refractivity (Wildman–Crippen MR) is 76.8 cm³/mol. The fourth-order valence-corrected chi connectivity index (χ4v) is 2.58. The number of carbonyl (C=O) groups is 1. The van der Waals surface area contributed by atoms with Gasteiger partial charge in [-0.05, 0) is 73.7 Å². The molecule has 0 bridgehead atoms. The van der Waals surface area contributed by atoms with Gasteiger partial charge in [0.15, 0.2) is 0 Å². The van der Waals surface area contributed by atoms with Crippen LogP contribution in [0.2, 0.25) is 0 Å². The molecular weight excluding hydrogens is 308 g/mol. The zero-order valence-electron chi connectivity index (χ0n) is 11.5. The monoisotopic (exact) mass is 326 g/mol. The number of rotatable bonds is 2. The smallest absolute Gasteiger partial charge is 0.408 e. The van der Waals surface area contributed by atoms with Gasteiger partial charge >= 0.3 is 6.09 Å². The molecule has 2 rings (SSSR count). The molecule has 19 heavy (non-hydrogen) atoms. The first-order chi connectivity index (χ1) is 8.81. The van der Waals surface area contributed by atoms with Crippen LogP contribution in [-0.2, 0) is 10.3 Å². The number of hydrogen-bond donors (Lipinski definition) is 1. The van der Waals surface area contributed by atoms with Gasteiger partial charge in [-0.1, -0.05) is 0 Å². The van der Waals surface area contributed by atoms with E-state index in [0.29, 0.717) is 0 Å².